The van der Waals surface area contributed by atoms with Gasteiger partial charge in [0.2, 0.25) is 0 Å². The molecule has 1 rings (SSSR count). The lowest BCUT2D eigenvalue weighted by Gasteiger charge is -2.38. The first-order valence-electron chi connectivity index (χ1n) is 6.90. The Kier molecular flexibility index (Phi) is 5.25. The molecule has 0 aliphatic carbocycles. The summed E-state index contributed by atoms with van der Waals surface area (Å²) in [5, 5.41) is 0. The average molecular weight is 279 g/mol. The lowest BCUT2D eigenvalue weighted by molar-refractivity contribution is 0.838. The van der Waals surface area contributed by atoms with E-state index in [9.17, 15) is 0 Å². The van der Waals surface area contributed by atoms with Crippen LogP contribution in [-0.2, 0) is 0 Å². The molecular formula is C16H26SSi. The Morgan fingerprint density at radius 1 is 0.944 bits per heavy atom. The van der Waals surface area contributed by atoms with E-state index in [0.717, 1.165) is 0 Å². The van der Waals surface area contributed by atoms with E-state index in [1.165, 1.54) is 9.75 Å². The van der Waals surface area contributed by atoms with E-state index in [1.54, 1.807) is 0 Å². The normalized spacial score (nSPS) is 12.1. The van der Waals surface area contributed by atoms with Crippen LogP contribution < -0.4 is 0 Å². The molecule has 18 heavy (non-hydrogen) atoms. The Labute approximate surface area is 118 Å². The average Bonchev–Trinajstić information content (AvgIpc) is 2.63. The molecule has 0 saturated heterocycles. The lowest BCUT2D eigenvalue weighted by atomic mass is 10.4. The molecule has 0 aromatic carbocycles. The fourth-order valence-corrected chi connectivity index (χ4v) is 9.13. The number of rotatable bonds is 3. The summed E-state index contributed by atoms with van der Waals surface area (Å²) in [6.07, 6.45) is 0. The fraction of sp³-hybridized carbons (Fsp3) is 0.625. The Balaban J connectivity index is 3.17. The quantitative estimate of drug-likeness (QED) is 0.497. The van der Waals surface area contributed by atoms with E-state index in [4.69, 9.17) is 0 Å². The van der Waals surface area contributed by atoms with Gasteiger partial charge < -0.3 is 0 Å². The monoisotopic (exact) mass is 278 g/mol. The SMILES string of the molecule is Cc1ccc(C#C[Si](C(C)C)(C(C)C)C(C)C)s1. The van der Waals surface area contributed by atoms with Crippen LogP contribution in [-0.4, -0.2) is 8.07 Å². The van der Waals surface area contributed by atoms with Crippen LogP contribution in [0.5, 0.6) is 0 Å². The summed E-state index contributed by atoms with van der Waals surface area (Å²) in [6, 6.07) is 4.32. The molecule has 0 N–H and O–H groups in total. The van der Waals surface area contributed by atoms with Crippen LogP contribution in [0.1, 0.15) is 51.3 Å². The minimum atomic E-state index is -1.56. The summed E-state index contributed by atoms with van der Waals surface area (Å²) in [5.41, 5.74) is 5.90. The molecule has 0 fully saturated rings. The van der Waals surface area contributed by atoms with Crippen LogP contribution in [0.4, 0.5) is 0 Å². The molecule has 0 saturated carbocycles. The predicted octanol–water partition coefficient (Wildman–Crippen LogP) is 5.63. The van der Waals surface area contributed by atoms with Crippen molar-refractivity contribution in [2.75, 3.05) is 0 Å². The molecule has 0 bridgehead atoms. The van der Waals surface area contributed by atoms with Crippen molar-refractivity contribution in [3.05, 3.63) is 21.9 Å². The molecule has 1 aromatic rings. The molecular weight excluding hydrogens is 252 g/mol. The van der Waals surface area contributed by atoms with Crippen LogP contribution >= 0.6 is 11.3 Å². The maximum absolute atomic E-state index is 3.76. The second-order valence-corrected chi connectivity index (χ2v) is 12.9. The Morgan fingerprint density at radius 3 is 1.78 bits per heavy atom. The number of aryl methyl sites for hydroxylation is 1. The van der Waals surface area contributed by atoms with Gasteiger partial charge in [0.15, 0.2) is 0 Å². The van der Waals surface area contributed by atoms with Gasteiger partial charge in [-0.2, -0.15) is 0 Å². The molecule has 0 unspecified atom stereocenters. The van der Waals surface area contributed by atoms with E-state index in [0.29, 0.717) is 16.6 Å². The van der Waals surface area contributed by atoms with Crippen molar-refractivity contribution in [3.63, 3.8) is 0 Å². The van der Waals surface area contributed by atoms with Crippen molar-refractivity contribution >= 4 is 19.4 Å². The maximum Gasteiger partial charge on any atom is 0.146 e. The minimum Gasteiger partial charge on any atom is -0.132 e. The topological polar surface area (TPSA) is 0 Å². The molecule has 0 aliphatic rings. The Hall–Kier alpha value is -0.523. The second kappa shape index (κ2) is 6.08. The molecule has 0 atom stereocenters. The summed E-state index contributed by atoms with van der Waals surface area (Å²) < 4.78 is 0. The highest BCUT2D eigenvalue weighted by Crippen LogP contribution is 2.40. The highest BCUT2D eigenvalue weighted by atomic mass is 32.1. The lowest BCUT2D eigenvalue weighted by Crippen LogP contribution is -2.43. The van der Waals surface area contributed by atoms with Gasteiger partial charge in [-0.3, -0.25) is 0 Å². The first kappa shape index (κ1) is 15.5. The first-order valence-corrected chi connectivity index (χ1v) is 9.95. The van der Waals surface area contributed by atoms with E-state index in [2.05, 4.69) is 72.1 Å². The van der Waals surface area contributed by atoms with Crippen LogP contribution in [0.3, 0.4) is 0 Å². The first-order chi connectivity index (χ1) is 8.30. The summed E-state index contributed by atoms with van der Waals surface area (Å²) in [4.78, 5) is 2.58. The van der Waals surface area contributed by atoms with Crippen LogP contribution in [0.2, 0.25) is 16.6 Å². The molecule has 0 aliphatic heterocycles. The third-order valence-electron chi connectivity index (χ3n) is 4.01. The predicted molar refractivity (Wildman–Crippen MR) is 87.0 cm³/mol. The number of hydrogen-bond donors (Lipinski definition) is 0. The van der Waals surface area contributed by atoms with Crippen molar-refractivity contribution in [1.29, 1.82) is 0 Å². The van der Waals surface area contributed by atoms with Gasteiger partial charge in [-0.05, 0) is 35.7 Å². The number of thiophene rings is 1. The van der Waals surface area contributed by atoms with Crippen molar-refractivity contribution < 1.29 is 0 Å². The van der Waals surface area contributed by atoms with Gasteiger partial charge in [-0.15, -0.1) is 16.9 Å². The van der Waals surface area contributed by atoms with Gasteiger partial charge in [0, 0.05) is 4.88 Å². The van der Waals surface area contributed by atoms with Crippen molar-refractivity contribution in [2.24, 2.45) is 0 Å². The van der Waals surface area contributed by atoms with Gasteiger partial charge in [-0.1, -0.05) is 47.5 Å². The fourth-order valence-electron chi connectivity index (χ4n) is 3.10. The Morgan fingerprint density at radius 2 is 1.44 bits per heavy atom. The van der Waals surface area contributed by atoms with Crippen molar-refractivity contribution in [1.82, 2.24) is 0 Å². The standard InChI is InChI=1S/C16H26SSi/c1-12(2)18(13(3)4,14(5)6)11-10-16-9-8-15(7)17-16/h8-9,12-14H,1-7H3. The van der Waals surface area contributed by atoms with E-state index < -0.39 is 8.07 Å². The molecule has 100 valence electrons. The largest absolute Gasteiger partial charge is 0.146 e. The molecule has 0 radical (unpaired) electrons. The zero-order chi connectivity index (χ0) is 13.9. The summed E-state index contributed by atoms with van der Waals surface area (Å²) in [5.74, 6) is 3.48. The van der Waals surface area contributed by atoms with E-state index >= 15 is 0 Å². The maximum atomic E-state index is 3.76. The van der Waals surface area contributed by atoms with E-state index in [1.807, 2.05) is 11.3 Å². The Bertz CT molecular complexity index is 421. The molecule has 0 amide bonds. The molecule has 2 heteroatoms. The highest BCUT2D eigenvalue weighted by molar-refractivity contribution is 7.12. The number of hydrogen-bond acceptors (Lipinski definition) is 1. The minimum absolute atomic E-state index is 0.714. The van der Waals surface area contributed by atoms with Crippen LogP contribution in [0.25, 0.3) is 0 Å². The third kappa shape index (κ3) is 3.08. The van der Waals surface area contributed by atoms with Gasteiger partial charge in [0.25, 0.3) is 0 Å². The summed E-state index contributed by atoms with van der Waals surface area (Å²) >= 11 is 1.81. The molecule has 1 heterocycles. The van der Waals surface area contributed by atoms with Crippen LogP contribution in [0.15, 0.2) is 12.1 Å². The van der Waals surface area contributed by atoms with Gasteiger partial charge >= 0.3 is 0 Å². The molecule has 0 nitrogen and oxygen atoms in total. The van der Waals surface area contributed by atoms with Crippen LogP contribution in [0, 0.1) is 18.4 Å². The van der Waals surface area contributed by atoms with Crippen molar-refractivity contribution in [3.8, 4) is 11.5 Å². The smallest absolute Gasteiger partial charge is 0.132 e. The zero-order valence-corrected chi connectivity index (χ0v) is 14.6. The van der Waals surface area contributed by atoms with E-state index in [-0.39, 0.29) is 0 Å². The third-order valence-corrected chi connectivity index (χ3v) is 11.2. The molecule has 1 aromatic heterocycles. The second-order valence-electron chi connectivity index (χ2n) is 6.06. The van der Waals surface area contributed by atoms with Gasteiger partial charge in [0.1, 0.15) is 8.07 Å². The molecule has 0 spiro atoms. The highest BCUT2D eigenvalue weighted by Gasteiger charge is 2.41. The van der Waals surface area contributed by atoms with Crippen molar-refractivity contribution in [2.45, 2.75) is 65.1 Å². The zero-order valence-electron chi connectivity index (χ0n) is 12.8. The van der Waals surface area contributed by atoms with Gasteiger partial charge in [0.05, 0.1) is 4.88 Å². The summed E-state index contributed by atoms with van der Waals surface area (Å²) in [7, 11) is -1.56. The summed E-state index contributed by atoms with van der Waals surface area (Å²) in [6.45, 7) is 16.3. The van der Waals surface area contributed by atoms with Gasteiger partial charge in [-0.25, -0.2) is 0 Å².